The monoisotopic (exact) mass is 548 g/mol. The van der Waals surface area contributed by atoms with Gasteiger partial charge in [0.1, 0.15) is 23.3 Å². The molecule has 3 aromatic rings. The Labute approximate surface area is 234 Å². The molecule has 212 valence electrons. The van der Waals surface area contributed by atoms with Crippen molar-refractivity contribution in [2.75, 3.05) is 29.5 Å². The summed E-state index contributed by atoms with van der Waals surface area (Å²) >= 11 is 0. The summed E-state index contributed by atoms with van der Waals surface area (Å²) in [5, 5.41) is 9.19. The van der Waals surface area contributed by atoms with Crippen LogP contribution in [0.1, 0.15) is 52.2 Å². The third-order valence-electron chi connectivity index (χ3n) is 5.69. The van der Waals surface area contributed by atoms with Gasteiger partial charge in [0.25, 0.3) is 0 Å². The Morgan fingerprint density at radius 3 is 2.52 bits per heavy atom. The molecule has 2 amide bonds. The first-order valence-corrected chi connectivity index (χ1v) is 13.1. The lowest BCUT2D eigenvalue weighted by Crippen LogP contribution is -2.45. The number of benzene rings is 2. The van der Waals surface area contributed by atoms with E-state index >= 15 is 0 Å². The molecule has 1 atom stereocenters. The third-order valence-corrected chi connectivity index (χ3v) is 5.69. The second kappa shape index (κ2) is 13.5. The topological polar surface area (TPSA) is 108 Å². The number of halogens is 1. The zero-order valence-corrected chi connectivity index (χ0v) is 23.8. The van der Waals surface area contributed by atoms with E-state index in [0.29, 0.717) is 29.7 Å². The molecule has 3 rings (SSSR count). The fourth-order valence-electron chi connectivity index (χ4n) is 3.47. The molecular weight excluding hydrogens is 511 g/mol. The van der Waals surface area contributed by atoms with Crippen LogP contribution in [0.25, 0.3) is 12.2 Å². The van der Waals surface area contributed by atoms with E-state index in [9.17, 15) is 14.0 Å². The molecule has 1 aromatic heterocycles. The summed E-state index contributed by atoms with van der Waals surface area (Å²) in [5.41, 5.74) is 2.09. The third kappa shape index (κ3) is 9.07. The van der Waals surface area contributed by atoms with E-state index in [4.69, 9.17) is 4.74 Å². The largest absolute Gasteiger partial charge is 0.444 e. The molecular formula is C30H37FN6O3. The second-order valence-corrected chi connectivity index (χ2v) is 10.3. The Balaban J connectivity index is 1.72. The Morgan fingerprint density at radius 2 is 1.82 bits per heavy atom. The zero-order chi connectivity index (χ0) is 29.3. The number of ether oxygens (including phenoxy) is 1. The van der Waals surface area contributed by atoms with Crippen LogP contribution in [0, 0.1) is 5.82 Å². The maximum Gasteiger partial charge on any atom is 0.410 e. The summed E-state index contributed by atoms with van der Waals surface area (Å²) in [6, 6.07) is 12.7. The van der Waals surface area contributed by atoms with Gasteiger partial charge in [-0.2, -0.15) is 4.98 Å². The normalized spacial score (nSPS) is 12.1. The standard InChI is InChI=1S/C30H37FN6O3/c1-7-16-32-26-22(19-33-28(36-26)35-25-13-9-11-23(31)18-25)15-14-21-10-8-12-24(17-21)34-27(38)20(2)37(6)29(39)40-30(3,4)5/h8-15,17-20H,7,16H2,1-6H3,(H,34,38)(H2,32,33,35,36)/b15-14+/t20-/m0/s1. The van der Waals surface area contributed by atoms with Gasteiger partial charge in [-0.15, -0.1) is 0 Å². The summed E-state index contributed by atoms with van der Waals surface area (Å²) < 4.78 is 18.9. The predicted octanol–water partition coefficient (Wildman–Crippen LogP) is 6.55. The van der Waals surface area contributed by atoms with E-state index < -0.39 is 17.7 Å². The quantitative estimate of drug-likeness (QED) is 0.264. The maximum atomic E-state index is 13.6. The van der Waals surface area contributed by atoms with Gasteiger partial charge in [0.2, 0.25) is 11.9 Å². The lowest BCUT2D eigenvalue weighted by atomic mass is 10.1. The number of likely N-dealkylation sites (N-methyl/N-ethyl adjacent to an activating group) is 1. The average Bonchev–Trinajstić information content (AvgIpc) is 2.89. The molecule has 1 heterocycles. The number of hydrogen-bond acceptors (Lipinski definition) is 7. The van der Waals surface area contributed by atoms with Crippen LogP contribution in [0.15, 0.2) is 54.7 Å². The minimum atomic E-state index is -0.738. The van der Waals surface area contributed by atoms with Crippen molar-refractivity contribution in [3.05, 3.63) is 71.7 Å². The SMILES string of the molecule is CCCNc1nc(Nc2cccc(F)c2)ncc1/C=C/c1cccc(NC(=O)[C@H](C)N(C)C(=O)OC(C)(C)C)c1. The van der Waals surface area contributed by atoms with Crippen molar-refractivity contribution < 1.29 is 18.7 Å². The molecule has 0 unspecified atom stereocenters. The van der Waals surface area contributed by atoms with Crippen LogP contribution < -0.4 is 16.0 Å². The molecule has 40 heavy (non-hydrogen) atoms. The van der Waals surface area contributed by atoms with Crippen molar-refractivity contribution in [2.45, 2.75) is 52.7 Å². The van der Waals surface area contributed by atoms with Crippen molar-refractivity contribution in [1.82, 2.24) is 14.9 Å². The highest BCUT2D eigenvalue weighted by Gasteiger charge is 2.27. The highest BCUT2D eigenvalue weighted by molar-refractivity contribution is 5.96. The van der Waals surface area contributed by atoms with Crippen LogP contribution in [0.2, 0.25) is 0 Å². The minimum Gasteiger partial charge on any atom is -0.444 e. The predicted molar refractivity (Wildman–Crippen MR) is 158 cm³/mol. The number of aromatic nitrogens is 2. The summed E-state index contributed by atoms with van der Waals surface area (Å²) in [7, 11) is 1.53. The van der Waals surface area contributed by atoms with Crippen molar-refractivity contribution in [2.24, 2.45) is 0 Å². The Kier molecular flexibility index (Phi) is 10.2. The average molecular weight is 549 g/mol. The summed E-state index contributed by atoms with van der Waals surface area (Å²) in [4.78, 5) is 35.4. The highest BCUT2D eigenvalue weighted by atomic mass is 19.1. The van der Waals surface area contributed by atoms with Crippen LogP contribution in [-0.2, 0) is 9.53 Å². The number of amides is 2. The molecule has 0 aliphatic heterocycles. The summed E-state index contributed by atoms with van der Waals surface area (Å²) in [6.07, 6.45) is 5.79. The number of hydrogen-bond donors (Lipinski definition) is 3. The minimum absolute atomic E-state index is 0.338. The molecule has 0 radical (unpaired) electrons. The molecule has 0 saturated carbocycles. The molecule has 3 N–H and O–H groups in total. The van der Waals surface area contributed by atoms with Crippen LogP contribution in [0.4, 0.5) is 32.3 Å². The van der Waals surface area contributed by atoms with Gasteiger partial charge in [0, 0.05) is 36.7 Å². The van der Waals surface area contributed by atoms with E-state index in [2.05, 4.69) is 32.8 Å². The molecule has 0 bridgehead atoms. The van der Waals surface area contributed by atoms with Gasteiger partial charge in [-0.05, 0) is 76.1 Å². The van der Waals surface area contributed by atoms with Crippen LogP contribution >= 0.6 is 0 Å². The van der Waals surface area contributed by atoms with Crippen LogP contribution in [-0.4, -0.2) is 52.1 Å². The van der Waals surface area contributed by atoms with Crippen molar-refractivity contribution in [3.63, 3.8) is 0 Å². The van der Waals surface area contributed by atoms with Gasteiger partial charge < -0.3 is 20.7 Å². The molecule has 2 aromatic carbocycles. The van der Waals surface area contributed by atoms with Gasteiger partial charge in [0.15, 0.2) is 0 Å². The smallest absolute Gasteiger partial charge is 0.410 e. The molecule has 0 aliphatic rings. The first-order chi connectivity index (χ1) is 18.9. The van der Waals surface area contributed by atoms with Crippen LogP contribution in [0.3, 0.4) is 0 Å². The molecule has 0 fully saturated rings. The number of anilines is 4. The molecule has 0 saturated heterocycles. The first kappa shape index (κ1) is 30.1. The number of rotatable bonds is 10. The maximum absolute atomic E-state index is 13.6. The number of carbonyl (C=O) groups excluding carboxylic acids is 2. The van der Waals surface area contributed by atoms with E-state index in [1.807, 2.05) is 30.4 Å². The van der Waals surface area contributed by atoms with Gasteiger partial charge in [0.05, 0.1) is 0 Å². The molecule has 10 heteroatoms. The second-order valence-electron chi connectivity index (χ2n) is 10.3. The van der Waals surface area contributed by atoms with E-state index in [-0.39, 0.29) is 11.7 Å². The van der Waals surface area contributed by atoms with E-state index in [0.717, 1.165) is 17.5 Å². The Hall–Kier alpha value is -4.47. The number of carbonyl (C=O) groups is 2. The van der Waals surface area contributed by atoms with Crippen molar-refractivity contribution in [3.8, 4) is 0 Å². The van der Waals surface area contributed by atoms with Crippen molar-refractivity contribution in [1.29, 1.82) is 0 Å². The van der Waals surface area contributed by atoms with Gasteiger partial charge in [-0.1, -0.05) is 31.2 Å². The van der Waals surface area contributed by atoms with Crippen molar-refractivity contribution >= 4 is 47.3 Å². The lowest BCUT2D eigenvalue weighted by Gasteiger charge is -2.28. The molecule has 9 nitrogen and oxygen atoms in total. The first-order valence-electron chi connectivity index (χ1n) is 13.1. The highest BCUT2D eigenvalue weighted by Crippen LogP contribution is 2.21. The fourth-order valence-corrected chi connectivity index (χ4v) is 3.47. The van der Waals surface area contributed by atoms with Gasteiger partial charge in [-0.25, -0.2) is 14.2 Å². The van der Waals surface area contributed by atoms with Gasteiger partial charge >= 0.3 is 6.09 Å². The summed E-state index contributed by atoms with van der Waals surface area (Å²) in [6.45, 7) is 9.73. The number of nitrogens with one attached hydrogen (secondary N) is 3. The summed E-state index contributed by atoms with van der Waals surface area (Å²) in [5.74, 6) is 0.291. The van der Waals surface area contributed by atoms with Gasteiger partial charge in [-0.3, -0.25) is 9.69 Å². The molecule has 0 spiro atoms. The van der Waals surface area contributed by atoms with E-state index in [1.165, 1.54) is 24.1 Å². The number of nitrogens with zero attached hydrogens (tertiary/aromatic N) is 3. The molecule has 0 aliphatic carbocycles. The lowest BCUT2D eigenvalue weighted by molar-refractivity contribution is -0.120. The Bertz CT molecular complexity index is 1360. The Morgan fingerprint density at radius 1 is 1.10 bits per heavy atom. The van der Waals surface area contributed by atoms with E-state index in [1.54, 1.807) is 52.1 Å². The fraction of sp³-hybridized carbons (Fsp3) is 0.333. The van der Waals surface area contributed by atoms with Crippen LogP contribution in [0.5, 0.6) is 0 Å². The zero-order valence-electron chi connectivity index (χ0n) is 23.8.